The summed E-state index contributed by atoms with van der Waals surface area (Å²) in [5.41, 5.74) is 2.21. The number of carbonyl (C=O) groups is 3. The lowest BCUT2D eigenvalue weighted by Crippen LogP contribution is -2.42. The van der Waals surface area contributed by atoms with Crippen LogP contribution in [0.1, 0.15) is 41.9 Å². The Morgan fingerprint density at radius 3 is 2.40 bits per heavy atom. The fraction of sp³-hybridized carbons (Fsp3) is 0.219. The molecule has 0 radical (unpaired) electrons. The van der Waals surface area contributed by atoms with E-state index in [-0.39, 0.29) is 29.7 Å². The SMILES string of the molecule is CCOc1ccc(N2C(=O)C(CC(=O)Nc3ccc(C(C)=O)cc3)N(Cc3c(/N=C(\[O-])c4ccccc4)on[n+]3C)C2=S)cc1. The number of benzene rings is 3. The van der Waals surface area contributed by atoms with Gasteiger partial charge >= 0.3 is 5.88 Å². The van der Waals surface area contributed by atoms with Crippen LogP contribution in [0.25, 0.3) is 0 Å². The second kappa shape index (κ2) is 13.5. The highest BCUT2D eigenvalue weighted by molar-refractivity contribution is 7.80. The van der Waals surface area contributed by atoms with Crippen molar-refractivity contribution in [1.82, 2.24) is 10.2 Å². The predicted octanol–water partition coefficient (Wildman–Crippen LogP) is 3.07. The molecule has 230 valence electrons. The van der Waals surface area contributed by atoms with E-state index in [1.54, 1.807) is 90.8 Å². The molecule has 0 spiro atoms. The molecule has 1 atom stereocenters. The van der Waals surface area contributed by atoms with E-state index in [4.69, 9.17) is 21.5 Å². The lowest BCUT2D eigenvalue weighted by atomic mass is 10.1. The van der Waals surface area contributed by atoms with Crippen LogP contribution in [0.15, 0.2) is 88.4 Å². The van der Waals surface area contributed by atoms with Crippen LogP contribution in [-0.4, -0.2) is 51.4 Å². The third-order valence-electron chi connectivity index (χ3n) is 7.11. The largest absolute Gasteiger partial charge is 0.858 e. The molecule has 1 unspecified atom stereocenters. The van der Waals surface area contributed by atoms with Gasteiger partial charge in [0, 0.05) is 11.3 Å². The van der Waals surface area contributed by atoms with Crippen molar-refractivity contribution in [2.24, 2.45) is 12.0 Å². The van der Waals surface area contributed by atoms with Crippen LogP contribution in [0, 0.1) is 0 Å². The Morgan fingerprint density at radius 2 is 1.76 bits per heavy atom. The van der Waals surface area contributed by atoms with Crippen LogP contribution >= 0.6 is 12.2 Å². The van der Waals surface area contributed by atoms with Gasteiger partial charge in [-0.3, -0.25) is 23.8 Å². The third-order valence-corrected chi connectivity index (χ3v) is 7.53. The number of Topliss-reactive ketones (excluding diaryl/α,β-unsaturated/α-hetero) is 1. The van der Waals surface area contributed by atoms with E-state index in [1.165, 1.54) is 16.5 Å². The molecule has 45 heavy (non-hydrogen) atoms. The van der Waals surface area contributed by atoms with Crippen molar-refractivity contribution in [1.29, 1.82) is 0 Å². The van der Waals surface area contributed by atoms with Gasteiger partial charge in [0.25, 0.3) is 11.6 Å². The number of amides is 2. The molecule has 12 nitrogen and oxygen atoms in total. The Hall–Kier alpha value is -5.43. The van der Waals surface area contributed by atoms with Crippen molar-refractivity contribution < 1.29 is 33.4 Å². The van der Waals surface area contributed by atoms with Crippen molar-refractivity contribution in [3.63, 3.8) is 0 Å². The minimum Gasteiger partial charge on any atom is -0.858 e. The van der Waals surface area contributed by atoms with Gasteiger partial charge in [0.1, 0.15) is 18.3 Å². The average Bonchev–Trinajstić information content (AvgIpc) is 3.49. The van der Waals surface area contributed by atoms with Gasteiger partial charge in [0.15, 0.2) is 17.9 Å². The first-order chi connectivity index (χ1) is 21.7. The molecule has 1 aliphatic rings. The first-order valence-electron chi connectivity index (χ1n) is 14.1. The molecular formula is C32H30N6O6S. The number of nitrogens with one attached hydrogen (secondary N) is 1. The molecule has 4 aromatic rings. The molecule has 2 amide bonds. The summed E-state index contributed by atoms with van der Waals surface area (Å²) in [6.45, 7) is 3.78. The molecule has 1 saturated heterocycles. The van der Waals surface area contributed by atoms with E-state index in [0.717, 1.165) is 0 Å². The summed E-state index contributed by atoms with van der Waals surface area (Å²) in [4.78, 5) is 45.9. The monoisotopic (exact) mass is 626 g/mol. The van der Waals surface area contributed by atoms with E-state index in [0.29, 0.717) is 40.6 Å². The Balaban J connectivity index is 1.45. The molecule has 1 aromatic heterocycles. The molecule has 5 rings (SSSR count). The number of thiocarbonyl (C=S) groups is 1. The zero-order chi connectivity index (χ0) is 32.1. The van der Waals surface area contributed by atoms with Crippen LogP contribution in [0.3, 0.4) is 0 Å². The van der Waals surface area contributed by atoms with Crippen molar-refractivity contribution in [2.45, 2.75) is 32.9 Å². The highest BCUT2D eigenvalue weighted by atomic mass is 32.1. The average molecular weight is 627 g/mol. The minimum absolute atomic E-state index is 0.0374. The highest BCUT2D eigenvalue weighted by Crippen LogP contribution is 2.31. The molecule has 1 N–H and O–H groups in total. The fourth-order valence-corrected chi connectivity index (χ4v) is 5.17. The quantitative estimate of drug-likeness (QED) is 0.0873. The summed E-state index contributed by atoms with van der Waals surface area (Å²) >= 11 is 5.81. The number of nitrogens with zero attached hydrogens (tertiary/aromatic N) is 5. The molecule has 3 aromatic carbocycles. The summed E-state index contributed by atoms with van der Waals surface area (Å²) in [7, 11) is 1.61. The topological polar surface area (TPSA) is 144 Å². The maximum atomic E-state index is 13.9. The molecule has 1 aliphatic heterocycles. The van der Waals surface area contributed by atoms with E-state index < -0.39 is 23.8 Å². The van der Waals surface area contributed by atoms with Gasteiger partial charge in [0.05, 0.1) is 18.7 Å². The number of aliphatic imine (C=N–C) groups is 1. The van der Waals surface area contributed by atoms with E-state index in [1.807, 2.05) is 6.92 Å². The van der Waals surface area contributed by atoms with Crippen LogP contribution < -0.4 is 24.7 Å². The number of ketones is 1. The lowest BCUT2D eigenvalue weighted by Gasteiger charge is -2.22. The number of hydrogen-bond donors (Lipinski definition) is 1. The Morgan fingerprint density at radius 1 is 1.07 bits per heavy atom. The van der Waals surface area contributed by atoms with E-state index in [2.05, 4.69) is 15.6 Å². The van der Waals surface area contributed by atoms with Gasteiger partial charge in [-0.05, 0) is 90.7 Å². The number of anilines is 2. The van der Waals surface area contributed by atoms with Crippen molar-refractivity contribution in [3.8, 4) is 5.75 Å². The first kappa shape index (κ1) is 31.0. The summed E-state index contributed by atoms with van der Waals surface area (Å²) < 4.78 is 12.3. The summed E-state index contributed by atoms with van der Waals surface area (Å²) in [6, 6.07) is 20.8. The maximum Gasteiger partial charge on any atom is 0.325 e. The minimum atomic E-state index is -1.01. The summed E-state index contributed by atoms with van der Waals surface area (Å²) in [6.07, 6.45) is -0.245. The zero-order valence-corrected chi connectivity index (χ0v) is 25.6. The molecule has 2 heterocycles. The molecule has 13 heteroatoms. The predicted molar refractivity (Wildman–Crippen MR) is 167 cm³/mol. The smallest absolute Gasteiger partial charge is 0.325 e. The number of aromatic nitrogens is 2. The number of ether oxygens (including phenoxy) is 1. The van der Waals surface area contributed by atoms with Crippen LogP contribution in [0.2, 0.25) is 0 Å². The van der Waals surface area contributed by atoms with Crippen molar-refractivity contribution in [2.75, 3.05) is 16.8 Å². The van der Waals surface area contributed by atoms with Crippen LogP contribution in [-0.2, 0) is 23.2 Å². The van der Waals surface area contributed by atoms with Crippen LogP contribution in [0.4, 0.5) is 17.3 Å². The zero-order valence-electron chi connectivity index (χ0n) is 24.8. The van der Waals surface area contributed by atoms with E-state index in [9.17, 15) is 19.5 Å². The molecule has 0 aliphatic carbocycles. The Kier molecular flexibility index (Phi) is 9.28. The Bertz CT molecular complexity index is 1760. The van der Waals surface area contributed by atoms with Gasteiger partial charge in [0.2, 0.25) is 11.2 Å². The first-order valence-corrected chi connectivity index (χ1v) is 14.5. The van der Waals surface area contributed by atoms with Crippen LogP contribution in [0.5, 0.6) is 5.75 Å². The lowest BCUT2D eigenvalue weighted by molar-refractivity contribution is -0.746. The molecule has 0 saturated carbocycles. The number of hydrogen-bond acceptors (Lipinski definition) is 9. The van der Waals surface area contributed by atoms with Gasteiger partial charge < -0.3 is 20.1 Å². The van der Waals surface area contributed by atoms with Gasteiger partial charge in [-0.2, -0.15) is 0 Å². The molecular weight excluding hydrogens is 596 g/mol. The normalized spacial score (nSPS) is 15.0. The fourth-order valence-electron chi connectivity index (χ4n) is 4.78. The second-order valence-corrected chi connectivity index (χ2v) is 10.5. The standard InChI is InChI=1S/C32H30N6O6S/c1-4-43-25-16-14-24(15-17-25)38-31(42)26(18-28(40)33-23-12-10-21(11-13-23)20(2)39)37(32(38)45)19-27-30(44-35-36(27)3)34-29(41)22-8-6-5-7-9-22/h5-17,26H,4,18-19H2,1-3H3,(H-,33,34,35,39,40,41). The molecule has 0 bridgehead atoms. The van der Waals surface area contributed by atoms with Gasteiger partial charge in [-0.25, -0.2) is 4.99 Å². The number of carbonyl (C=O) groups excluding carboxylic acids is 3. The van der Waals surface area contributed by atoms with Crippen molar-refractivity contribution >= 4 is 58.1 Å². The second-order valence-electron chi connectivity index (χ2n) is 10.1. The van der Waals surface area contributed by atoms with E-state index >= 15 is 0 Å². The highest BCUT2D eigenvalue weighted by Gasteiger charge is 2.46. The summed E-state index contributed by atoms with van der Waals surface area (Å²) in [5.74, 6) is -0.894. The summed E-state index contributed by atoms with van der Waals surface area (Å²) in [5, 5.41) is 19.7. The number of rotatable bonds is 11. The third kappa shape index (κ3) is 6.88. The van der Waals surface area contributed by atoms with Gasteiger partial charge in [-0.15, -0.1) is 0 Å². The molecule has 1 fully saturated rings. The maximum absolute atomic E-state index is 13.9. The van der Waals surface area contributed by atoms with Gasteiger partial charge in [-0.1, -0.05) is 30.3 Å². The van der Waals surface area contributed by atoms with Crippen molar-refractivity contribution in [3.05, 3.63) is 95.7 Å². The number of aryl methyl sites for hydroxylation is 1. The Labute approximate surface area is 264 Å².